The van der Waals surface area contributed by atoms with Crippen LogP contribution in [0.1, 0.15) is 43.2 Å². The van der Waals surface area contributed by atoms with Crippen molar-refractivity contribution >= 4 is 0 Å². The predicted octanol–water partition coefficient (Wildman–Crippen LogP) is 1.34. The van der Waals surface area contributed by atoms with Crippen molar-refractivity contribution in [3.8, 4) is 5.75 Å². The lowest BCUT2D eigenvalue weighted by Crippen LogP contribution is -3.00. The number of nitrogens with zero attached hydrogens (tertiary/aromatic N) is 1. The first-order valence-corrected chi connectivity index (χ1v) is 9.55. The average Bonchev–Trinajstić information content (AvgIpc) is 2.59. The van der Waals surface area contributed by atoms with Gasteiger partial charge >= 0.3 is 0 Å². The van der Waals surface area contributed by atoms with E-state index in [1.807, 2.05) is 6.07 Å². The summed E-state index contributed by atoms with van der Waals surface area (Å²) in [5, 5.41) is 10.1. The van der Waals surface area contributed by atoms with Crippen molar-refractivity contribution in [1.82, 2.24) is 0 Å². The zero-order chi connectivity index (χ0) is 16.8. The zero-order valence-corrected chi connectivity index (χ0v) is 16.7. The number of phenolic OH excluding ortho intramolecular Hbond substituents is 1. The Morgan fingerprint density at radius 2 is 1.92 bits per heavy atom. The lowest BCUT2D eigenvalue weighted by Gasteiger charge is -2.62. The van der Waals surface area contributed by atoms with Gasteiger partial charge in [0, 0.05) is 24.2 Å². The topological polar surface area (TPSA) is 20.2 Å². The Balaban J connectivity index is 0.00000182. The molecule has 1 N–H and O–H groups in total. The first-order valence-electron chi connectivity index (χ1n) is 9.55. The Kier molecular flexibility index (Phi) is 5.18. The number of fused-ring (bicyclic) bond motifs is 1. The molecule has 1 heterocycles. The number of quaternary nitrogens is 1. The third kappa shape index (κ3) is 2.71. The van der Waals surface area contributed by atoms with Gasteiger partial charge in [-0.15, -0.1) is 0 Å². The molecule has 1 aromatic carbocycles. The molecule has 0 aromatic heterocycles. The number of halogens is 1. The van der Waals surface area contributed by atoms with Gasteiger partial charge in [-0.25, -0.2) is 0 Å². The van der Waals surface area contributed by atoms with Crippen LogP contribution in [-0.4, -0.2) is 35.3 Å². The molecule has 0 radical (unpaired) electrons. The smallest absolute Gasteiger partial charge is 0.115 e. The Labute approximate surface area is 162 Å². The van der Waals surface area contributed by atoms with Crippen LogP contribution in [0.3, 0.4) is 0 Å². The van der Waals surface area contributed by atoms with Gasteiger partial charge < -0.3 is 26.6 Å². The first-order chi connectivity index (χ1) is 11.6. The molecule has 25 heavy (non-hydrogen) atoms. The standard InChI is InChI=1S/C22H29NO.BrH/c1-3-12-23(13-4-2)14-11-22-10-6-5-7-19(22)21(23)15-17-8-9-18(24)16-20(17)22;/h3-4,8-9,16,19,21H,1-2,5-7,10-15H2;1H/t19-,21-,22-;/m0./s1. The van der Waals surface area contributed by atoms with Crippen molar-refractivity contribution in [3.63, 3.8) is 0 Å². The summed E-state index contributed by atoms with van der Waals surface area (Å²) in [6.45, 7) is 11.4. The highest BCUT2D eigenvalue weighted by Crippen LogP contribution is 2.57. The van der Waals surface area contributed by atoms with Gasteiger partial charge in [-0.2, -0.15) is 0 Å². The second-order valence-electron chi connectivity index (χ2n) is 8.26. The van der Waals surface area contributed by atoms with Crippen molar-refractivity contribution in [2.45, 2.75) is 50.0 Å². The molecular weight excluding hydrogens is 374 g/mol. The van der Waals surface area contributed by atoms with Crippen molar-refractivity contribution in [2.75, 3.05) is 19.6 Å². The second kappa shape index (κ2) is 6.92. The number of piperidine rings is 1. The molecule has 1 aromatic rings. The molecule has 1 saturated heterocycles. The van der Waals surface area contributed by atoms with Crippen molar-refractivity contribution in [2.24, 2.45) is 5.92 Å². The molecule has 3 aliphatic rings. The van der Waals surface area contributed by atoms with Crippen molar-refractivity contribution < 1.29 is 26.6 Å². The maximum atomic E-state index is 10.1. The second-order valence-corrected chi connectivity index (χ2v) is 8.26. The molecule has 1 saturated carbocycles. The summed E-state index contributed by atoms with van der Waals surface area (Å²) in [6, 6.07) is 6.83. The number of aromatic hydroxyl groups is 1. The Morgan fingerprint density at radius 3 is 2.64 bits per heavy atom. The molecule has 1 aliphatic heterocycles. The minimum atomic E-state index is 0. The average molecular weight is 404 g/mol. The normalized spacial score (nSPS) is 31.8. The maximum Gasteiger partial charge on any atom is 0.115 e. The van der Waals surface area contributed by atoms with Crippen LogP contribution < -0.4 is 17.0 Å². The Morgan fingerprint density at radius 1 is 1.16 bits per heavy atom. The van der Waals surface area contributed by atoms with Gasteiger partial charge in [-0.3, -0.25) is 0 Å². The molecule has 3 heteroatoms. The number of benzene rings is 1. The molecule has 136 valence electrons. The molecule has 2 fully saturated rings. The molecule has 2 aliphatic carbocycles. The van der Waals surface area contributed by atoms with Gasteiger partial charge in [-0.1, -0.05) is 32.1 Å². The summed E-state index contributed by atoms with van der Waals surface area (Å²) in [6.07, 6.45) is 12.0. The van der Waals surface area contributed by atoms with Gasteiger partial charge in [-0.05, 0) is 48.3 Å². The van der Waals surface area contributed by atoms with Crippen LogP contribution in [0.25, 0.3) is 0 Å². The van der Waals surface area contributed by atoms with Crippen LogP contribution >= 0.6 is 0 Å². The van der Waals surface area contributed by atoms with Gasteiger partial charge in [0.2, 0.25) is 0 Å². The van der Waals surface area contributed by atoms with Gasteiger partial charge in [0.05, 0.1) is 25.7 Å². The van der Waals surface area contributed by atoms with Crippen LogP contribution in [0.4, 0.5) is 0 Å². The fourth-order valence-corrected chi connectivity index (χ4v) is 6.39. The molecule has 4 rings (SSSR count). The van der Waals surface area contributed by atoms with E-state index in [0.29, 0.717) is 17.2 Å². The number of likely N-dealkylation sites (tertiary alicyclic amines) is 1. The van der Waals surface area contributed by atoms with Crippen LogP contribution in [-0.2, 0) is 11.8 Å². The lowest BCUT2D eigenvalue weighted by molar-refractivity contribution is -0.952. The summed E-state index contributed by atoms with van der Waals surface area (Å²) < 4.78 is 1.14. The largest absolute Gasteiger partial charge is 1.00 e. The Hall–Kier alpha value is -1.06. The van der Waals surface area contributed by atoms with Crippen LogP contribution in [0.5, 0.6) is 5.75 Å². The minimum Gasteiger partial charge on any atom is -1.00 e. The molecular formula is C22H30BrNO. The first kappa shape index (κ1) is 18.7. The fourth-order valence-electron chi connectivity index (χ4n) is 6.39. The van der Waals surface area contributed by atoms with Crippen molar-refractivity contribution in [1.29, 1.82) is 0 Å². The molecule has 3 atom stereocenters. The number of rotatable bonds is 4. The zero-order valence-electron chi connectivity index (χ0n) is 15.1. The van der Waals surface area contributed by atoms with Gasteiger partial charge in [0.25, 0.3) is 0 Å². The molecule has 0 unspecified atom stereocenters. The highest BCUT2D eigenvalue weighted by molar-refractivity contribution is 5.44. The maximum absolute atomic E-state index is 10.1. The minimum absolute atomic E-state index is 0. The van der Waals surface area contributed by atoms with Crippen molar-refractivity contribution in [3.05, 3.63) is 54.6 Å². The van der Waals surface area contributed by atoms with Crippen LogP contribution in [0.15, 0.2) is 43.5 Å². The number of hydrogen-bond acceptors (Lipinski definition) is 1. The van der Waals surface area contributed by atoms with E-state index in [2.05, 4.69) is 37.4 Å². The fraction of sp³-hybridized carbons (Fsp3) is 0.545. The predicted molar refractivity (Wildman–Crippen MR) is 99.1 cm³/mol. The van der Waals surface area contributed by atoms with Gasteiger partial charge in [0.15, 0.2) is 0 Å². The molecule has 2 nitrogen and oxygen atoms in total. The van der Waals surface area contributed by atoms with Crippen LogP contribution in [0.2, 0.25) is 0 Å². The summed E-state index contributed by atoms with van der Waals surface area (Å²) in [7, 11) is 0. The highest BCUT2D eigenvalue weighted by Gasteiger charge is 2.59. The quantitative estimate of drug-likeness (QED) is 0.593. The number of phenols is 1. The van der Waals surface area contributed by atoms with E-state index < -0.39 is 0 Å². The number of hydrogen-bond donors (Lipinski definition) is 1. The van der Waals surface area contributed by atoms with Gasteiger partial charge in [0.1, 0.15) is 5.75 Å². The summed E-state index contributed by atoms with van der Waals surface area (Å²) in [5.74, 6) is 1.18. The highest BCUT2D eigenvalue weighted by atomic mass is 79.9. The summed E-state index contributed by atoms with van der Waals surface area (Å²) in [5.41, 5.74) is 3.25. The molecule has 2 bridgehead atoms. The third-order valence-corrected chi connectivity index (χ3v) is 7.31. The van der Waals surface area contributed by atoms with E-state index in [4.69, 9.17) is 0 Å². The van der Waals surface area contributed by atoms with E-state index in [0.717, 1.165) is 29.9 Å². The molecule has 0 spiro atoms. The third-order valence-electron chi connectivity index (χ3n) is 7.31. The Bertz CT molecular complexity index is 660. The van der Waals surface area contributed by atoms with E-state index in [1.165, 1.54) is 49.8 Å². The van der Waals surface area contributed by atoms with Crippen LogP contribution in [0, 0.1) is 5.92 Å². The van der Waals surface area contributed by atoms with E-state index in [-0.39, 0.29) is 17.0 Å². The molecule has 0 amide bonds. The monoisotopic (exact) mass is 403 g/mol. The SMILES string of the molecule is C=CC[N+]1(CC=C)CC[C@@]23CCCC[C@H]2[C@@H]1Cc1ccc(O)cc13.[Br-]. The lowest BCUT2D eigenvalue weighted by atomic mass is 9.51. The summed E-state index contributed by atoms with van der Waals surface area (Å²) >= 11 is 0. The van der Waals surface area contributed by atoms with E-state index in [9.17, 15) is 5.11 Å². The van der Waals surface area contributed by atoms with E-state index in [1.54, 1.807) is 0 Å². The summed E-state index contributed by atoms with van der Waals surface area (Å²) in [4.78, 5) is 0. The van der Waals surface area contributed by atoms with E-state index >= 15 is 0 Å².